The molecule has 4 nitrogen and oxygen atoms in total. The molecule has 5 heteroatoms. The summed E-state index contributed by atoms with van der Waals surface area (Å²) in [6.45, 7) is 5.25. The molecule has 2 unspecified atom stereocenters. The number of alkyl halides is 1. The molecule has 0 spiro atoms. The van der Waals surface area contributed by atoms with Crippen LogP contribution in [0.4, 0.5) is 0 Å². The molecule has 0 N–H and O–H groups in total. The summed E-state index contributed by atoms with van der Waals surface area (Å²) < 4.78 is 11.3. The van der Waals surface area contributed by atoms with Crippen molar-refractivity contribution in [2.24, 2.45) is 5.92 Å². The molecule has 2 aliphatic rings. The number of amides is 1. The van der Waals surface area contributed by atoms with Crippen LogP contribution in [-0.2, 0) is 14.3 Å². The molecule has 2 saturated heterocycles. The first-order valence-corrected chi connectivity index (χ1v) is 8.46. The normalized spacial score (nSPS) is 28.8. The van der Waals surface area contributed by atoms with Crippen LogP contribution in [0.15, 0.2) is 0 Å². The highest BCUT2D eigenvalue weighted by molar-refractivity contribution is 9.09. The Morgan fingerprint density at radius 1 is 1.37 bits per heavy atom. The number of rotatable bonds is 5. The van der Waals surface area contributed by atoms with Crippen LogP contribution in [0.1, 0.15) is 32.6 Å². The summed E-state index contributed by atoms with van der Waals surface area (Å²) in [6, 6.07) is 0. The molecule has 0 radical (unpaired) electrons. The van der Waals surface area contributed by atoms with E-state index in [1.54, 1.807) is 0 Å². The third-order valence-corrected chi connectivity index (χ3v) is 4.44. The Labute approximate surface area is 123 Å². The molecule has 0 aromatic heterocycles. The molecule has 2 fully saturated rings. The quantitative estimate of drug-likeness (QED) is 0.724. The second-order valence-corrected chi connectivity index (χ2v) is 6.09. The SMILES string of the molecule is CCC1OCCC1C(=O)N1CCC(OCCBr)CC1. The van der Waals surface area contributed by atoms with Gasteiger partial charge in [-0.2, -0.15) is 0 Å². The average molecular weight is 334 g/mol. The molecule has 0 aromatic carbocycles. The van der Waals surface area contributed by atoms with Gasteiger partial charge in [-0.15, -0.1) is 0 Å². The molecule has 0 aromatic rings. The first-order chi connectivity index (χ1) is 9.26. The van der Waals surface area contributed by atoms with Crippen molar-refractivity contribution < 1.29 is 14.3 Å². The monoisotopic (exact) mass is 333 g/mol. The molecule has 0 saturated carbocycles. The number of piperidine rings is 1. The zero-order valence-electron chi connectivity index (χ0n) is 11.6. The standard InChI is InChI=1S/C14H24BrNO3/c1-2-13-12(5-9-19-13)14(17)16-7-3-11(4-8-16)18-10-6-15/h11-13H,2-10H2,1H3. The Hall–Kier alpha value is -0.130. The highest BCUT2D eigenvalue weighted by Crippen LogP contribution is 2.27. The van der Waals surface area contributed by atoms with Gasteiger partial charge in [0.1, 0.15) is 0 Å². The number of ether oxygens (including phenoxy) is 2. The summed E-state index contributed by atoms with van der Waals surface area (Å²) in [7, 11) is 0. The van der Waals surface area contributed by atoms with E-state index >= 15 is 0 Å². The number of hydrogen-bond donors (Lipinski definition) is 0. The molecule has 0 aliphatic carbocycles. The fourth-order valence-corrected chi connectivity index (χ4v) is 3.21. The molecule has 2 heterocycles. The van der Waals surface area contributed by atoms with Gasteiger partial charge in [-0.3, -0.25) is 4.79 Å². The maximum atomic E-state index is 12.5. The summed E-state index contributed by atoms with van der Waals surface area (Å²) in [6.07, 6.45) is 4.20. The van der Waals surface area contributed by atoms with Crippen LogP contribution in [0, 0.1) is 5.92 Å². The lowest BCUT2D eigenvalue weighted by atomic mass is 9.96. The zero-order valence-corrected chi connectivity index (χ0v) is 13.2. The highest BCUT2D eigenvalue weighted by Gasteiger charge is 2.36. The van der Waals surface area contributed by atoms with E-state index in [0.29, 0.717) is 12.0 Å². The summed E-state index contributed by atoms with van der Waals surface area (Å²) in [5.74, 6) is 0.383. The molecule has 110 valence electrons. The summed E-state index contributed by atoms with van der Waals surface area (Å²) in [5, 5.41) is 0.879. The van der Waals surface area contributed by atoms with Crippen molar-refractivity contribution in [3.63, 3.8) is 0 Å². The Morgan fingerprint density at radius 3 is 2.74 bits per heavy atom. The number of halogens is 1. The van der Waals surface area contributed by atoms with Crippen molar-refractivity contribution in [3.8, 4) is 0 Å². The second-order valence-electron chi connectivity index (χ2n) is 5.30. The largest absolute Gasteiger partial charge is 0.377 e. The molecular formula is C14H24BrNO3. The van der Waals surface area contributed by atoms with Gasteiger partial charge in [0.25, 0.3) is 0 Å². The molecule has 19 heavy (non-hydrogen) atoms. The van der Waals surface area contributed by atoms with Crippen molar-refractivity contribution in [1.82, 2.24) is 4.90 Å². The van der Waals surface area contributed by atoms with Gasteiger partial charge in [0, 0.05) is 25.0 Å². The summed E-state index contributed by atoms with van der Waals surface area (Å²) in [4.78, 5) is 14.5. The van der Waals surface area contributed by atoms with Gasteiger partial charge in [0.2, 0.25) is 5.91 Å². The lowest BCUT2D eigenvalue weighted by Crippen LogP contribution is -2.45. The Morgan fingerprint density at radius 2 is 2.11 bits per heavy atom. The fourth-order valence-electron chi connectivity index (χ4n) is 3.02. The fraction of sp³-hybridized carbons (Fsp3) is 0.929. The van der Waals surface area contributed by atoms with Crippen molar-refractivity contribution in [2.75, 3.05) is 31.6 Å². The molecule has 0 bridgehead atoms. The van der Waals surface area contributed by atoms with Gasteiger partial charge in [0.15, 0.2) is 0 Å². The maximum Gasteiger partial charge on any atom is 0.228 e. The van der Waals surface area contributed by atoms with Crippen molar-refractivity contribution in [1.29, 1.82) is 0 Å². The number of hydrogen-bond acceptors (Lipinski definition) is 3. The summed E-state index contributed by atoms with van der Waals surface area (Å²) >= 11 is 3.37. The first kappa shape index (κ1) is 15.3. The van der Waals surface area contributed by atoms with Crippen LogP contribution < -0.4 is 0 Å². The highest BCUT2D eigenvalue weighted by atomic mass is 79.9. The minimum Gasteiger partial charge on any atom is -0.377 e. The van der Waals surface area contributed by atoms with Crippen molar-refractivity contribution in [3.05, 3.63) is 0 Å². The lowest BCUT2D eigenvalue weighted by molar-refractivity contribution is -0.139. The Balaban J connectivity index is 1.79. The average Bonchev–Trinajstić information content (AvgIpc) is 2.93. The number of carbonyl (C=O) groups is 1. The number of carbonyl (C=O) groups excluding carboxylic acids is 1. The van der Waals surface area contributed by atoms with E-state index in [1.165, 1.54) is 0 Å². The van der Waals surface area contributed by atoms with Crippen LogP contribution in [0.3, 0.4) is 0 Å². The van der Waals surface area contributed by atoms with Gasteiger partial charge in [0.05, 0.1) is 24.7 Å². The van der Waals surface area contributed by atoms with Crippen molar-refractivity contribution in [2.45, 2.75) is 44.8 Å². The van der Waals surface area contributed by atoms with Gasteiger partial charge < -0.3 is 14.4 Å². The Bertz CT molecular complexity index is 292. The van der Waals surface area contributed by atoms with E-state index in [4.69, 9.17) is 9.47 Å². The van der Waals surface area contributed by atoms with Gasteiger partial charge in [-0.05, 0) is 25.7 Å². The third-order valence-electron chi connectivity index (χ3n) is 4.11. The zero-order chi connectivity index (χ0) is 13.7. The van der Waals surface area contributed by atoms with Gasteiger partial charge >= 0.3 is 0 Å². The van der Waals surface area contributed by atoms with Crippen LogP contribution in [-0.4, -0.2) is 54.6 Å². The van der Waals surface area contributed by atoms with Gasteiger partial charge in [-0.1, -0.05) is 22.9 Å². The maximum absolute atomic E-state index is 12.5. The van der Waals surface area contributed by atoms with Gasteiger partial charge in [-0.25, -0.2) is 0 Å². The lowest BCUT2D eigenvalue weighted by Gasteiger charge is -2.34. The smallest absolute Gasteiger partial charge is 0.228 e. The van der Waals surface area contributed by atoms with E-state index < -0.39 is 0 Å². The topological polar surface area (TPSA) is 38.8 Å². The number of likely N-dealkylation sites (tertiary alicyclic amines) is 1. The van der Waals surface area contributed by atoms with E-state index in [1.807, 2.05) is 4.90 Å². The minimum atomic E-state index is 0.0880. The Kier molecular flexibility index (Phi) is 6.10. The van der Waals surface area contributed by atoms with E-state index in [9.17, 15) is 4.79 Å². The minimum absolute atomic E-state index is 0.0880. The molecular weight excluding hydrogens is 310 g/mol. The van der Waals surface area contributed by atoms with Crippen molar-refractivity contribution >= 4 is 21.8 Å². The van der Waals surface area contributed by atoms with Crippen LogP contribution in [0.5, 0.6) is 0 Å². The molecule has 2 atom stereocenters. The first-order valence-electron chi connectivity index (χ1n) is 7.34. The molecule has 2 rings (SSSR count). The molecule has 2 aliphatic heterocycles. The predicted molar refractivity (Wildman–Crippen MR) is 77.5 cm³/mol. The molecule has 1 amide bonds. The van der Waals surface area contributed by atoms with Crippen LogP contribution in [0.2, 0.25) is 0 Å². The summed E-state index contributed by atoms with van der Waals surface area (Å²) in [5.41, 5.74) is 0. The number of nitrogens with zero attached hydrogens (tertiary/aromatic N) is 1. The van der Waals surface area contributed by atoms with E-state index in [-0.39, 0.29) is 12.0 Å². The van der Waals surface area contributed by atoms with E-state index in [0.717, 1.165) is 57.3 Å². The third kappa shape index (κ3) is 3.92. The van der Waals surface area contributed by atoms with Crippen LogP contribution in [0.25, 0.3) is 0 Å². The second kappa shape index (κ2) is 7.60. The van der Waals surface area contributed by atoms with E-state index in [2.05, 4.69) is 22.9 Å². The predicted octanol–water partition coefficient (Wildman–Crippen LogP) is 2.20. The van der Waals surface area contributed by atoms with Crippen LogP contribution >= 0.6 is 15.9 Å².